The average molecular weight is 404 g/mol. The summed E-state index contributed by atoms with van der Waals surface area (Å²) in [6, 6.07) is 17.5. The summed E-state index contributed by atoms with van der Waals surface area (Å²) in [5.41, 5.74) is 2.11. The van der Waals surface area contributed by atoms with Crippen LogP contribution in [0.4, 0.5) is 5.69 Å². The van der Waals surface area contributed by atoms with Crippen molar-refractivity contribution in [1.29, 1.82) is 0 Å². The van der Waals surface area contributed by atoms with E-state index < -0.39 is 0 Å². The minimum atomic E-state index is -0.383. The van der Waals surface area contributed by atoms with Crippen molar-refractivity contribution in [3.8, 4) is 23.0 Å². The molecule has 0 unspecified atom stereocenters. The lowest BCUT2D eigenvalue weighted by Gasteiger charge is -2.17. The first-order valence-electron chi connectivity index (χ1n) is 9.31. The van der Waals surface area contributed by atoms with Gasteiger partial charge >= 0.3 is 0 Å². The molecule has 4 rings (SSSR count). The predicted octanol–water partition coefficient (Wildman–Crippen LogP) is 3.99. The van der Waals surface area contributed by atoms with Crippen molar-refractivity contribution < 1.29 is 23.8 Å². The van der Waals surface area contributed by atoms with Gasteiger partial charge in [0, 0.05) is 17.7 Å². The average Bonchev–Trinajstić information content (AvgIpc) is 3.15. The first kappa shape index (κ1) is 19.3. The number of benzene rings is 3. The molecule has 0 spiro atoms. The van der Waals surface area contributed by atoms with Crippen molar-refractivity contribution in [2.75, 3.05) is 19.5 Å². The van der Waals surface area contributed by atoms with E-state index in [1.807, 2.05) is 12.1 Å². The van der Waals surface area contributed by atoms with Gasteiger partial charge in [-0.2, -0.15) is 0 Å². The number of anilines is 1. The van der Waals surface area contributed by atoms with E-state index in [4.69, 9.17) is 14.2 Å². The smallest absolute Gasteiger partial charge is 0.255 e. The highest BCUT2D eigenvalue weighted by atomic mass is 16.5. The van der Waals surface area contributed by atoms with Crippen molar-refractivity contribution in [1.82, 2.24) is 5.32 Å². The molecule has 2 N–H and O–H groups in total. The minimum absolute atomic E-state index is 0.183. The molecule has 30 heavy (non-hydrogen) atoms. The third kappa shape index (κ3) is 3.65. The fourth-order valence-electron chi connectivity index (χ4n) is 3.25. The Morgan fingerprint density at radius 1 is 0.900 bits per heavy atom. The molecule has 0 saturated carbocycles. The third-order valence-electron chi connectivity index (χ3n) is 4.79. The molecule has 2 amide bonds. The van der Waals surface area contributed by atoms with Gasteiger partial charge in [-0.3, -0.25) is 9.59 Å². The van der Waals surface area contributed by atoms with E-state index in [1.54, 1.807) is 55.6 Å². The highest BCUT2D eigenvalue weighted by Gasteiger charge is 2.22. The van der Waals surface area contributed by atoms with Gasteiger partial charge < -0.3 is 24.8 Å². The monoisotopic (exact) mass is 404 g/mol. The molecule has 0 saturated heterocycles. The fraction of sp³-hybridized carbons (Fsp3) is 0.130. The number of nitrogens with one attached hydrogen (secondary N) is 2. The number of para-hydroxylation sites is 3. The van der Waals surface area contributed by atoms with Gasteiger partial charge in [-0.15, -0.1) is 0 Å². The molecular weight excluding hydrogens is 384 g/mol. The van der Waals surface area contributed by atoms with Crippen molar-refractivity contribution in [3.05, 3.63) is 77.4 Å². The van der Waals surface area contributed by atoms with Gasteiger partial charge in [-0.1, -0.05) is 24.3 Å². The molecule has 3 aromatic rings. The first-order chi connectivity index (χ1) is 14.6. The lowest BCUT2D eigenvalue weighted by atomic mass is 10.1. The lowest BCUT2D eigenvalue weighted by Crippen LogP contribution is -2.15. The number of fused-ring (bicyclic) bond motifs is 1. The van der Waals surface area contributed by atoms with Gasteiger partial charge in [-0.05, 0) is 42.0 Å². The van der Waals surface area contributed by atoms with Gasteiger partial charge in [0.2, 0.25) is 0 Å². The Balaban J connectivity index is 1.66. The first-order valence-corrected chi connectivity index (χ1v) is 9.31. The molecule has 0 radical (unpaired) electrons. The van der Waals surface area contributed by atoms with Crippen molar-refractivity contribution in [2.24, 2.45) is 0 Å². The number of hydrogen-bond acceptors (Lipinski definition) is 5. The van der Waals surface area contributed by atoms with E-state index in [2.05, 4.69) is 10.6 Å². The van der Waals surface area contributed by atoms with E-state index in [0.717, 1.165) is 5.56 Å². The number of ether oxygens (including phenoxy) is 3. The van der Waals surface area contributed by atoms with Crippen LogP contribution in [0.3, 0.4) is 0 Å². The summed E-state index contributed by atoms with van der Waals surface area (Å²) < 4.78 is 16.8. The molecule has 152 valence electrons. The second-order valence-electron chi connectivity index (χ2n) is 6.60. The molecule has 0 aliphatic carbocycles. The zero-order chi connectivity index (χ0) is 21.1. The van der Waals surface area contributed by atoms with Gasteiger partial charge in [0.15, 0.2) is 17.2 Å². The van der Waals surface area contributed by atoms with Crippen LogP contribution >= 0.6 is 0 Å². The molecule has 1 heterocycles. The van der Waals surface area contributed by atoms with Crippen LogP contribution in [-0.2, 0) is 6.54 Å². The van der Waals surface area contributed by atoms with Crippen molar-refractivity contribution >= 4 is 17.5 Å². The van der Waals surface area contributed by atoms with Crippen LogP contribution in [0.5, 0.6) is 23.0 Å². The maximum Gasteiger partial charge on any atom is 0.255 e. The molecule has 7 heteroatoms. The summed E-state index contributed by atoms with van der Waals surface area (Å²) in [6.07, 6.45) is 0. The van der Waals surface area contributed by atoms with Crippen LogP contribution in [0.2, 0.25) is 0 Å². The minimum Gasteiger partial charge on any atom is -0.494 e. The van der Waals surface area contributed by atoms with Crippen LogP contribution in [-0.4, -0.2) is 26.0 Å². The number of hydrogen-bond donors (Lipinski definition) is 2. The molecule has 0 aromatic heterocycles. The van der Waals surface area contributed by atoms with Gasteiger partial charge in [0.1, 0.15) is 11.4 Å². The van der Waals surface area contributed by atoms with Gasteiger partial charge in [-0.25, -0.2) is 0 Å². The molecule has 1 aliphatic heterocycles. The number of methoxy groups -OCH3 is 2. The molecule has 0 fully saturated rings. The van der Waals surface area contributed by atoms with E-state index in [9.17, 15) is 9.59 Å². The zero-order valence-electron chi connectivity index (χ0n) is 16.5. The molecule has 0 atom stereocenters. The Hall–Kier alpha value is -4.00. The molecule has 3 aromatic carbocycles. The van der Waals surface area contributed by atoms with E-state index >= 15 is 0 Å². The largest absolute Gasteiger partial charge is 0.494 e. The Bertz CT molecular complexity index is 1130. The maximum atomic E-state index is 12.9. The summed E-state index contributed by atoms with van der Waals surface area (Å²) in [5.74, 6) is 1.32. The topological polar surface area (TPSA) is 85.9 Å². The molecule has 7 nitrogen and oxygen atoms in total. The van der Waals surface area contributed by atoms with Crippen LogP contribution in [0, 0.1) is 0 Å². The van der Waals surface area contributed by atoms with Crippen LogP contribution in [0.15, 0.2) is 60.7 Å². The van der Waals surface area contributed by atoms with E-state index in [1.165, 1.54) is 7.11 Å². The standard InChI is InChI=1S/C23H20N2O5/c1-28-17-6-3-4-7-18(17)30-20-9-5-8-19(29-2)21(20)25-22(26)14-10-11-15-13-24-23(27)16(15)12-14/h3-12H,13H2,1-2H3,(H,24,27)(H,25,26). The fourth-order valence-corrected chi connectivity index (χ4v) is 3.25. The Labute approximate surface area is 173 Å². The second-order valence-corrected chi connectivity index (χ2v) is 6.60. The number of carbonyl (C=O) groups excluding carboxylic acids is 2. The second kappa shape index (κ2) is 8.16. The van der Waals surface area contributed by atoms with Crippen molar-refractivity contribution in [2.45, 2.75) is 6.54 Å². The summed E-state index contributed by atoms with van der Waals surface area (Å²) in [5, 5.41) is 5.59. The Morgan fingerprint density at radius 2 is 1.60 bits per heavy atom. The highest BCUT2D eigenvalue weighted by molar-refractivity contribution is 6.08. The maximum absolute atomic E-state index is 12.9. The van der Waals surface area contributed by atoms with Crippen LogP contribution in [0.25, 0.3) is 0 Å². The zero-order valence-corrected chi connectivity index (χ0v) is 16.5. The number of carbonyl (C=O) groups is 2. The normalized spacial score (nSPS) is 12.0. The number of rotatable bonds is 6. The summed E-state index contributed by atoms with van der Waals surface area (Å²) in [6.45, 7) is 0.472. The third-order valence-corrected chi connectivity index (χ3v) is 4.79. The van der Waals surface area contributed by atoms with E-state index in [-0.39, 0.29) is 11.8 Å². The quantitative estimate of drug-likeness (QED) is 0.649. The lowest BCUT2D eigenvalue weighted by molar-refractivity contribution is 0.0965. The summed E-state index contributed by atoms with van der Waals surface area (Å²) >= 11 is 0. The van der Waals surface area contributed by atoms with Gasteiger partial charge in [0.05, 0.1) is 14.2 Å². The molecular formula is C23H20N2O5. The number of amides is 2. The molecule has 1 aliphatic rings. The Morgan fingerprint density at radius 3 is 2.37 bits per heavy atom. The summed E-state index contributed by atoms with van der Waals surface area (Å²) in [7, 11) is 3.07. The highest BCUT2D eigenvalue weighted by Crippen LogP contribution is 2.40. The van der Waals surface area contributed by atoms with Crippen LogP contribution < -0.4 is 24.8 Å². The van der Waals surface area contributed by atoms with Gasteiger partial charge in [0.25, 0.3) is 11.8 Å². The predicted molar refractivity (Wildman–Crippen MR) is 112 cm³/mol. The van der Waals surface area contributed by atoms with Crippen molar-refractivity contribution in [3.63, 3.8) is 0 Å². The Kier molecular flexibility index (Phi) is 5.26. The van der Waals surface area contributed by atoms with E-state index in [0.29, 0.717) is 46.4 Å². The summed E-state index contributed by atoms with van der Waals surface area (Å²) in [4.78, 5) is 24.9. The molecule has 0 bridgehead atoms. The SMILES string of the molecule is COc1ccccc1Oc1cccc(OC)c1NC(=O)c1ccc2c(c1)C(=O)NC2. The van der Waals surface area contributed by atoms with Crippen LogP contribution in [0.1, 0.15) is 26.3 Å².